The highest BCUT2D eigenvalue weighted by atomic mass is 32.1. The Balaban J connectivity index is 5.16. The summed E-state index contributed by atoms with van der Waals surface area (Å²) in [5.41, 5.74) is 5.82. The number of carboxylic acid groups (broad SMARTS) is 1. The summed E-state index contributed by atoms with van der Waals surface area (Å²) >= 11 is 4.08. The number of amides is 3. The Morgan fingerprint density at radius 3 is 1.79 bits per heavy atom. The van der Waals surface area contributed by atoms with Crippen LogP contribution in [0.25, 0.3) is 0 Å². The van der Waals surface area contributed by atoms with Crippen LogP contribution in [-0.4, -0.2) is 69.9 Å². The number of carbonyl (C=O) groups is 4. The number of hydrogen-bond donors (Lipinski definition) is 7. The van der Waals surface area contributed by atoms with Gasteiger partial charge >= 0.3 is 5.97 Å². The maximum absolute atomic E-state index is 12.6. The molecule has 0 saturated carbocycles. The number of nitrogens with two attached hydrogens (primary N) is 1. The normalized spacial score (nSPS) is 16.5. The number of hydrogen-bond acceptors (Lipinski definition) is 7. The van der Waals surface area contributed by atoms with Gasteiger partial charge in [-0.15, -0.1) is 0 Å². The third kappa shape index (κ3) is 9.46. The molecule has 0 radical (unpaired) electrons. The zero-order chi connectivity index (χ0) is 22.9. The van der Waals surface area contributed by atoms with Gasteiger partial charge in [-0.25, -0.2) is 4.79 Å². The number of aliphatic hydroxyl groups is 1. The quantitative estimate of drug-likeness (QED) is 0.190. The highest BCUT2D eigenvalue weighted by molar-refractivity contribution is 7.80. The molecule has 7 N–H and O–H groups in total. The summed E-state index contributed by atoms with van der Waals surface area (Å²) in [6.07, 6.45) is -0.883. The van der Waals surface area contributed by atoms with E-state index in [9.17, 15) is 24.3 Å². The van der Waals surface area contributed by atoms with Crippen LogP contribution in [0.15, 0.2) is 0 Å². The van der Waals surface area contributed by atoms with Crippen LogP contribution >= 0.6 is 12.6 Å². The molecule has 5 atom stereocenters. The number of thiol groups is 1. The van der Waals surface area contributed by atoms with Crippen molar-refractivity contribution < 1.29 is 29.4 Å². The number of rotatable bonds is 12. The predicted molar refractivity (Wildman–Crippen MR) is 111 cm³/mol. The summed E-state index contributed by atoms with van der Waals surface area (Å²) in [5, 5.41) is 25.9. The largest absolute Gasteiger partial charge is 0.480 e. The third-order valence-electron chi connectivity index (χ3n) is 4.17. The lowest BCUT2D eigenvalue weighted by molar-refractivity contribution is -0.145. The first kappa shape index (κ1) is 27.1. The molecule has 3 amide bonds. The molecule has 0 saturated heterocycles. The van der Waals surface area contributed by atoms with E-state index < -0.39 is 54.0 Å². The molecule has 0 aromatic heterocycles. The van der Waals surface area contributed by atoms with Crippen LogP contribution in [0.1, 0.15) is 41.0 Å². The van der Waals surface area contributed by atoms with E-state index in [0.717, 1.165) is 0 Å². The van der Waals surface area contributed by atoms with E-state index in [2.05, 4.69) is 28.6 Å². The van der Waals surface area contributed by atoms with Gasteiger partial charge in [0.25, 0.3) is 0 Å². The van der Waals surface area contributed by atoms with Crippen LogP contribution in [0.4, 0.5) is 0 Å². The lowest BCUT2D eigenvalue weighted by Crippen LogP contribution is -2.60. The second kappa shape index (κ2) is 12.7. The first-order valence-corrected chi connectivity index (χ1v) is 10.1. The Labute approximate surface area is 176 Å². The van der Waals surface area contributed by atoms with E-state index in [1.54, 1.807) is 13.8 Å². The van der Waals surface area contributed by atoms with Gasteiger partial charge in [0.2, 0.25) is 17.7 Å². The van der Waals surface area contributed by atoms with Crippen molar-refractivity contribution in [1.82, 2.24) is 16.0 Å². The molecule has 0 aromatic carbocycles. The number of nitrogens with one attached hydrogen (secondary N) is 3. The average molecular weight is 435 g/mol. The molecule has 0 bridgehead atoms. The maximum Gasteiger partial charge on any atom is 0.328 e. The van der Waals surface area contributed by atoms with E-state index in [1.165, 1.54) is 6.92 Å². The highest BCUT2D eigenvalue weighted by Gasteiger charge is 2.32. The van der Waals surface area contributed by atoms with Crippen LogP contribution in [0.5, 0.6) is 0 Å². The Kier molecular flexibility index (Phi) is 11.8. The number of aliphatic hydroxyl groups excluding tert-OH is 1. The molecule has 0 aliphatic rings. The first-order chi connectivity index (χ1) is 13.3. The Bertz CT molecular complexity index is 585. The van der Waals surface area contributed by atoms with Crippen LogP contribution in [0.2, 0.25) is 0 Å². The lowest BCUT2D eigenvalue weighted by atomic mass is 10.0. The van der Waals surface area contributed by atoms with Crippen molar-refractivity contribution in [3.8, 4) is 0 Å². The zero-order valence-corrected chi connectivity index (χ0v) is 18.4. The van der Waals surface area contributed by atoms with Crippen molar-refractivity contribution in [2.24, 2.45) is 17.6 Å². The summed E-state index contributed by atoms with van der Waals surface area (Å²) in [5.74, 6) is -3.53. The fourth-order valence-electron chi connectivity index (χ4n) is 2.51. The Morgan fingerprint density at radius 2 is 1.41 bits per heavy atom. The summed E-state index contributed by atoms with van der Waals surface area (Å²) < 4.78 is 0. The van der Waals surface area contributed by atoms with Crippen molar-refractivity contribution in [2.45, 2.75) is 71.3 Å². The van der Waals surface area contributed by atoms with Crippen molar-refractivity contribution >= 4 is 36.3 Å². The van der Waals surface area contributed by atoms with Gasteiger partial charge in [-0.05, 0) is 25.2 Å². The molecule has 0 spiro atoms. The monoisotopic (exact) mass is 434 g/mol. The first-order valence-electron chi connectivity index (χ1n) is 9.50. The maximum atomic E-state index is 12.6. The fourth-order valence-corrected chi connectivity index (χ4v) is 2.77. The van der Waals surface area contributed by atoms with E-state index >= 15 is 0 Å². The number of carboxylic acids is 1. The van der Waals surface area contributed by atoms with E-state index in [4.69, 9.17) is 10.8 Å². The minimum Gasteiger partial charge on any atom is -0.480 e. The Morgan fingerprint density at radius 1 is 0.897 bits per heavy atom. The predicted octanol–water partition coefficient (Wildman–Crippen LogP) is -1.13. The van der Waals surface area contributed by atoms with Crippen LogP contribution < -0.4 is 21.7 Å². The SMILES string of the molecule is CC(C)CC(N)C(=O)NC(CS)C(=O)NC(C(=O)NC(C(=O)O)C(C)O)C(C)C. The molecule has 0 aromatic rings. The average Bonchev–Trinajstić information content (AvgIpc) is 2.59. The van der Waals surface area contributed by atoms with Crippen molar-refractivity contribution in [3.63, 3.8) is 0 Å². The molecule has 0 heterocycles. The van der Waals surface area contributed by atoms with Gasteiger partial charge in [0.1, 0.15) is 12.1 Å². The van der Waals surface area contributed by atoms with Gasteiger partial charge in [0.05, 0.1) is 12.1 Å². The summed E-state index contributed by atoms with van der Waals surface area (Å²) in [6, 6.07) is -4.40. The minimum absolute atomic E-state index is 0.0240. The molecule has 0 aliphatic heterocycles. The molecule has 0 fully saturated rings. The molecule has 5 unspecified atom stereocenters. The zero-order valence-electron chi connectivity index (χ0n) is 17.5. The molecule has 11 heteroatoms. The molecular weight excluding hydrogens is 400 g/mol. The molecule has 168 valence electrons. The lowest BCUT2D eigenvalue weighted by Gasteiger charge is -2.27. The van der Waals surface area contributed by atoms with Crippen molar-refractivity contribution in [2.75, 3.05) is 5.75 Å². The second-order valence-electron chi connectivity index (χ2n) is 7.78. The van der Waals surface area contributed by atoms with Crippen LogP contribution in [0, 0.1) is 11.8 Å². The standard InChI is InChI=1S/C18H34N4O6S/c1-8(2)6-11(19)15(24)20-12(7-29)16(25)21-13(9(3)4)17(26)22-14(10(5)23)18(27)28/h8-14,23,29H,6-7,19H2,1-5H3,(H,20,24)(H,21,25)(H,22,26)(H,27,28). The molecule has 0 aliphatic carbocycles. The minimum atomic E-state index is -1.52. The number of aliphatic carboxylic acids is 1. The van der Waals surface area contributed by atoms with Crippen LogP contribution in [0.3, 0.4) is 0 Å². The summed E-state index contributed by atoms with van der Waals surface area (Å²) in [4.78, 5) is 48.4. The van der Waals surface area contributed by atoms with Crippen LogP contribution in [-0.2, 0) is 19.2 Å². The summed E-state index contributed by atoms with van der Waals surface area (Å²) in [7, 11) is 0. The topological polar surface area (TPSA) is 171 Å². The van der Waals surface area contributed by atoms with Crippen molar-refractivity contribution in [1.29, 1.82) is 0 Å². The second-order valence-corrected chi connectivity index (χ2v) is 8.14. The van der Waals surface area contributed by atoms with E-state index in [-0.39, 0.29) is 17.6 Å². The van der Waals surface area contributed by atoms with Gasteiger partial charge < -0.3 is 31.9 Å². The van der Waals surface area contributed by atoms with Gasteiger partial charge in [-0.2, -0.15) is 12.6 Å². The number of carbonyl (C=O) groups excluding carboxylic acids is 3. The highest BCUT2D eigenvalue weighted by Crippen LogP contribution is 2.06. The van der Waals surface area contributed by atoms with E-state index in [1.807, 2.05) is 13.8 Å². The van der Waals surface area contributed by atoms with Gasteiger partial charge in [0.15, 0.2) is 6.04 Å². The molecule has 0 rings (SSSR count). The molecule has 10 nitrogen and oxygen atoms in total. The van der Waals surface area contributed by atoms with Gasteiger partial charge in [-0.3, -0.25) is 14.4 Å². The third-order valence-corrected chi connectivity index (χ3v) is 4.54. The van der Waals surface area contributed by atoms with Gasteiger partial charge in [-0.1, -0.05) is 27.7 Å². The smallest absolute Gasteiger partial charge is 0.328 e. The van der Waals surface area contributed by atoms with E-state index in [0.29, 0.717) is 6.42 Å². The molecular formula is C18H34N4O6S. The molecule has 29 heavy (non-hydrogen) atoms. The Hall–Kier alpha value is -1.85. The van der Waals surface area contributed by atoms with Crippen molar-refractivity contribution in [3.05, 3.63) is 0 Å². The summed E-state index contributed by atoms with van der Waals surface area (Å²) in [6.45, 7) is 8.39. The fraction of sp³-hybridized carbons (Fsp3) is 0.778. The van der Waals surface area contributed by atoms with Gasteiger partial charge in [0, 0.05) is 5.75 Å².